The molecule has 0 saturated heterocycles. The van der Waals surface area contributed by atoms with Gasteiger partial charge in [-0.1, -0.05) is 12.1 Å². The highest BCUT2D eigenvalue weighted by atomic mass is 19.1. The normalized spacial score (nSPS) is 37.0. The Morgan fingerprint density at radius 1 is 0.852 bits per heavy atom. The lowest BCUT2D eigenvalue weighted by Gasteiger charge is -2.45. The van der Waals surface area contributed by atoms with Gasteiger partial charge in [-0.15, -0.1) is 0 Å². The van der Waals surface area contributed by atoms with Gasteiger partial charge in [0.25, 0.3) is 0 Å². The van der Waals surface area contributed by atoms with Crippen LogP contribution in [0.15, 0.2) is 18.2 Å². The Morgan fingerprint density at radius 2 is 1.48 bits per heavy atom. The molecule has 0 spiro atoms. The molecule has 27 heavy (non-hydrogen) atoms. The fourth-order valence-electron chi connectivity index (χ4n) is 6.56. The summed E-state index contributed by atoms with van der Waals surface area (Å²) in [6, 6.07) is 5.82. The van der Waals surface area contributed by atoms with Crippen molar-refractivity contribution in [1.82, 2.24) is 0 Å². The molecular formula is C25H37FO. The van der Waals surface area contributed by atoms with Crippen LogP contribution in [0.2, 0.25) is 0 Å². The Labute approximate surface area is 165 Å². The van der Waals surface area contributed by atoms with Gasteiger partial charge >= 0.3 is 0 Å². The second-order valence-corrected chi connectivity index (χ2v) is 9.62. The summed E-state index contributed by atoms with van der Waals surface area (Å²) in [4.78, 5) is 0. The van der Waals surface area contributed by atoms with E-state index in [9.17, 15) is 4.39 Å². The topological polar surface area (TPSA) is 9.23 Å². The van der Waals surface area contributed by atoms with Crippen molar-refractivity contribution in [3.63, 3.8) is 0 Å². The van der Waals surface area contributed by atoms with Crippen molar-refractivity contribution in [3.05, 3.63) is 35.1 Å². The Hall–Kier alpha value is -0.890. The van der Waals surface area contributed by atoms with E-state index in [1.54, 1.807) is 6.07 Å². The lowest BCUT2D eigenvalue weighted by Crippen LogP contribution is -2.36. The van der Waals surface area contributed by atoms with Crippen LogP contribution in [0, 0.1) is 36.4 Å². The predicted octanol–water partition coefficient (Wildman–Crippen LogP) is 7.03. The summed E-state index contributed by atoms with van der Waals surface area (Å²) in [6.45, 7) is 4.97. The summed E-state index contributed by atoms with van der Waals surface area (Å²) < 4.78 is 20.3. The molecule has 0 N–H and O–H groups in total. The minimum absolute atomic E-state index is 0.0185. The maximum Gasteiger partial charge on any atom is 0.126 e. The van der Waals surface area contributed by atoms with E-state index < -0.39 is 0 Å². The molecule has 3 aliphatic carbocycles. The Balaban J connectivity index is 1.29. The average Bonchev–Trinajstić information content (AvgIpc) is 2.68. The Morgan fingerprint density at radius 3 is 2.19 bits per heavy atom. The third-order valence-corrected chi connectivity index (χ3v) is 8.04. The lowest BCUT2D eigenvalue weighted by molar-refractivity contribution is -0.0205. The highest BCUT2D eigenvalue weighted by Crippen LogP contribution is 2.49. The average molecular weight is 373 g/mol. The minimum Gasteiger partial charge on any atom is -0.378 e. The van der Waals surface area contributed by atoms with Crippen LogP contribution in [0.3, 0.4) is 0 Å². The Bertz CT molecular complexity index is 619. The molecule has 1 aromatic rings. The van der Waals surface area contributed by atoms with Crippen molar-refractivity contribution >= 4 is 0 Å². The van der Waals surface area contributed by atoms with Crippen LogP contribution >= 0.6 is 0 Å². The third kappa shape index (κ3) is 4.42. The summed E-state index contributed by atoms with van der Waals surface area (Å²) in [6.07, 6.45) is 13.8. The molecule has 3 aliphatic rings. The number of hydrogen-bond donors (Lipinski definition) is 0. The van der Waals surface area contributed by atoms with E-state index in [4.69, 9.17) is 4.74 Å². The van der Waals surface area contributed by atoms with E-state index in [0.29, 0.717) is 12.0 Å². The molecule has 0 aromatic heterocycles. The number of halogens is 1. The molecule has 2 heteroatoms. The van der Waals surface area contributed by atoms with Gasteiger partial charge in [0.15, 0.2) is 0 Å². The minimum atomic E-state index is 0.0185. The molecule has 1 aromatic carbocycles. The lowest BCUT2D eigenvalue weighted by atomic mass is 9.62. The molecule has 3 fully saturated rings. The predicted molar refractivity (Wildman–Crippen MR) is 109 cm³/mol. The molecule has 1 nitrogen and oxygen atoms in total. The molecule has 4 atom stereocenters. The number of ether oxygens (including phenoxy) is 1. The van der Waals surface area contributed by atoms with Gasteiger partial charge in [-0.3, -0.25) is 0 Å². The van der Waals surface area contributed by atoms with Crippen LogP contribution in [0.5, 0.6) is 0 Å². The number of aryl methyl sites for hydroxylation is 1. The first-order chi connectivity index (χ1) is 13.1. The quantitative estimate of drug-likeness (QED) is 0.551. The first-order valence-electron chi connectivity index (χ1n) is 11.5. The van der Waals surface area contributed by atoms with Crippen LogP contribution in [0.1, 0.15) is 88.2 Å². The van der Waals surface area contributed by atoms with Crippen LogP contribution in [-0.2, 0) is 4.74 Å². The number of hydrogen-bond acceptors (Lipinski definition) is 1. The molecule has 0 amide bonds. The van der Waals surface area contributed by atoms with Gasteiger partial charge in [0.2, 0.25) is 0 Å². The van der Waals surface area contributed by atoms with Gasteiger partial charge in [0.1, 0.15) is 5.82 Å². The first kappa shape index (κ1) is 19.4. The highest BCUT2D eigenvalue weighted by molar-refractivity contribution is 5.26. The fraction of sp³-hybridized carbons (Fsp3) is 0.760. The molecule has 0 aliphatic heterocycles. The van der Waals surface area contributed by atoms with Crippen LogP contribution in [-0.4, -0.2) is 12.7 Å². The number of fused-ring (bicyclic) bond motifs is 1. The Kier molecular flexibility index (Phi) is 6.21. The molecule has 0 heterocycles. The summed E-state index contributed by atoms with van der Waals surface area (Å²) >= 11 is 0. The van der Waals surface area contributed by atoms with Crippen molar-refractivity contribution in [2.24, 2.45) is 23.7 Å². The van der Waals surface area contributed by atoms with Gasteiger partial charge in [0.05, 0.1) is 6.10 Å². The van der Waals surface area contributed by atoms with Crippen molar-refractivity contribution in [1.29, 1.82) is 0 Å². The monoisotopic (exact) mass is 372 g/mol. The molecular weight excluding hydrogens is 335 g/mol. The van der Waals surface area contributed by atoms with E-state index in [1.165, 1.54) is 64.2 Å². The maximum absolute atomic E-state index is 14.3. The number of rotatable bonds is 4. The van der Waals surface area contributed by atoms with Crippen molar-refractivity contribution in [3.8, 4) is 0 Å². The molecule has 4 unspecified atom stereocenters. The fourth-order valence-corrected chi connectivity index (χ4v) is 6.56. The summed E-state index contributed by atoms with van der Waals surface area (Å²) in [5.41, 5.74) is 2.00. The van der Waals surface area contributed by atoms with Crippen molar-refractivity contribution < 1.29 is 9.13 Å². The van der Waals surface area contributed by atoms with Gasteiger partial charge in [-0.2, -0.15) is 0 Å². The molecule has 4 rings (SSSR count). The van der Waals surface area contributed by atoms with Crippen molar-refractivity contribution in [2.75, 3.05) is 6.61 Å². The SMILES string of the molecule is CCOC1CCC2CC(C3CCC(c4ccc(C)cc4F)CC3)CCC2C1. The molecule has 150 valence electrons. The van der Waals surface area contributed by atoms with E-state index >= 15 is 0 Å². The maximum atomic E-state index is 14.3. The summed E-state index contributed by atoms with van der Waals surface area (Å²) in [5.74, 6) is 4.15. The number of benzene rings is 1. The first-order valence-corrected chi connectivity index (χ1v) is 11.5. The van der Waals surface area contributed by atoms with E-state index in [0.717, 1.165) is 41.4 Å². The second kappa shape index (κ2) is 8.64. The summed E-state index contributed by atoms with van der Waals surface area (Å²) in [5, 5.41) is 0. The van der Waals surface area contributed by atoms with E-state index in [-0.39, 0.29) is 5.82 Å². The zero-order valence-electron chi connectivity index (χ0n) is 17.3. The van der Waals surface area contributed by atoms with Crippen LogP contribution < -0.4 is 0 Å². The van der Waals surface area contributed by atoms with Crippen LogP contribution in [0.25, 0.3) is 0 Å². The van der Waals surface area contributed by atoms with Gasteiger partial charge in [-0.25, -0.2) is 4.39 Å². The second-order valence-electron chi connectivity index (χ2n) is 9.62. The zero-order chi connectivity index (χ0) is 18.8. The van der Waals surface area contributed by atoms with E-state index in [2.05, 4.69) is 13.0 Å². The highest BCUT2D eigenvalue weighted by Gasteiger charge is 2.39. The van der Waals surface area contributed by atoms with Crippen LogP contribution in [0.4, 0.5) is 4.39 Å². The largest absolute Gasteiger partial charge is 0.378 e. The third-order valence-electron chi connectivity index (χ3n) is 8.04. The van der Waals surface area contributed by atoms with Gasteiger partial charge in [-0.05, 0) is 125 Å². The summed E-state index contributed by atoms with van der Waals surface area (Å²) in [7, 11) is 0. The van der Waals surface area contributed by atoms with E-state index in [1.807, 2.05) is 13.0 Å². The standard InChI is InChI=1S/C25H37FO/c1-3-27-23-12-11-21-15-20(9-10-22(21)16-23)18-5-7-19(8-6-18)24-13-4-17(2)14-25(24)26/h4,13-14,18-23H,3,5-12,15-16H2,1-2H3. The molecule has 3 saturated carbocycles. The molecule has 0 bridgehead atoms. The van der Waals surface area contributed by atoms with Gasteiger partial charge < -0.3 is 4.74 Å². The molecule has 0 radical (unpaired) electrons. The zero-order valence-corrected chi connectivity index (χ0v) is 17.3. The van der Waals surface area contributed by atoms with Gasteiger partial charge in [0, 0.05) is 6.61 Å². The smallest absolute Gasteiger partial charge is 0.126 e. The van der Waals surface area contributed by atoms with Crippen molar-refractivity contribution in [2.45, 2.75) is 90.1 Å².